The fourth-order valence-corrected chi connectivity index (χ4v) is 7.42. The highest BCUT2D eigenvalue weighted by molar-refractivity contribution is 5.87. The van der Waals surface area contributed by atoms with Gasteiger partial charge in [0.15, 0.2) is 0 Å². The summed E-state index contributed by atoms with van der Waals surface area (Å²) in [6, 6.07) is 9.75. The van der Waals surface area contributed by atoms with Crippen molar-refractivity contribution in [2.45, 2.75) is 83.0 Å². The molecule has 0 amide bonds. The Kier molecular flexibility index (Phi) is 5.55. The second-order valence-corrected chi connectivity index (χ2v) is 11.5. The molecule has 2 aliphatic heterocycles. The van der Waals surface area contributed by atoms with E-state index in [0.717, 1.165) is 37.7 Å². The van der Waals surface area contributed by atoms with E-state index in [2.05, 4.69) is 27.4 Å². The van der Waals surface area contributed by atoms with Gasteiger partial charge in [0.05, 0.1) is 12.0 Å². The molecule has 34 heavy (non-hydrogen) atoms. The Morgan fingerprint density at radius 1 is 1.18 bits per heavy atom. The molecule has 6 atom stereocenters. The van der Waals surface area contributed by atoms with Crippen LogP contribution in [0, 0.1) is 16.7 Å². The minimum Gasteiger partial charge on any atom is -0.463 e. The molecule has 4 aliphatic rings. The zero-order valence-corrected chi connectivity index (χ0v) is 20.6. The average Bonchev–Trinajstić information content (AvgIpc) is 3.16. The van der Waals surface area contributed by atoms with Crippen LogP contribution in [0.1, 0.15) is 71.3 Å². The Morgan fingerprint density at radius 2 is 1.94 bits per heavy atom. The summed E-state index contributed by atoms with van der Waals surface area (Å²) in [4.78, 5) is 25.0. The van der Waals surface area contributed by atoms with Gasteiger partial charge in [-0.3, -0.25) is 4.79 Å². The highest BCUT2D eigenvalue weighted by Gasteiger charge is 2.69. The lowest BCUT2D eigenvalue weighted by molar-refractivity contribution is -0.303. The lowest BCUT2D eigenvalue weighted by atomic mass is 9.42. The SMILES string of the molecule is C=C1CCC[C@H]2[C@@]1(C)[C@@H](OC(=O)/C=C/c1ccccc1)C[C@]1(C)O[C@@]3(CC[C@]21C)COC(=O)C3. The molecule has 0 N–H and O–H groups in total. The Balaban J connectivity index is 1.46. The molecule has 5 nitrogen and oxygen atoms in total. The van der Waals surface area contributed by atoms with E-state index in [1.807, 2.05) is 30.3 Å². The van der Waals surface area contributed by atoms with Crippen molar-refractivity contribution in [2.75, 3.05) is 6.61 Å². The third kappa shape index (κ3) is 3.55. The highest BCUT2D eigenvalue weighted by atomic mass is 16.6. The number of benzene rings is 1. The average molecular weight is 465 g/mol. The third-order valence-corrected chi connectivity index (χ3v) is 9.65. The van der Waals surface area contributed by atoms with Gasteiger partial charge >= 0.3 is 11.9 Å². The molecule has 0 aromatic heterocycles. The van der Waals surface area contributed by atoms with Crippen molar-refractivity contribution in [3.8, 4) is 0 Å². The monoisotopic (exact) mass is 464 g/mol. The van der Waals surface area contributed by atoms with Crippen molar-refractivity contribution in [1.29, 1.82) is 0 Å². The molecular formula is C29H36O5. The molecule has 2 saturated carbocycles. The number of ether oxygens (including phenoxy) is 3. The predicted octanol–water partition coefficient (Wildman–Crippen LogP) is 5.64. The first-order valence-corrected chi connectivity index (χ1v) is 12.6. The van der Waals surface area contributed by atoms with Gasteiger partial charge in [0, 0.05) is 23.3 Å². The van der Waals surface area contributed by atoms with Crippen LogP contribution < -0.4 is 0 Å². The zero-order valence-electron chi connectivity index (χ0n) is 20.6. The minimum absolute atomic E-state index is 0.106. The van der Waals surface area contributed by atoms with Gasteiger partial charge in [-0.1, -0.05) is 56.3 Å². The van der Waals surface area contributed by atoms with Crippen molar-refractivity contribution in [3.05, 3.63) is 54.1 Å². The lowest BCUT2D eigenvalue weighted by Gasteiger charge is -2.68. The van der Waals surface area contributed by atoms with Crippen molar-refractivity contribution < 1.29 is 23.8 Å². The largest absolute Gasteiger partial charge is 0.463 e. The van der Waals surface area contributed by atoms with E-state index >= 15 is 0 Å². The predicted molar refractivity (Wildman–Crippen MR) is 130 cm³/mol. The Labute approximate surface area is 202 Å². The van der Waals surface area contributed by atoms with E-state index in [0.29, 0.717) is 19.4 Å². The number of fused-ring (bicyclic) bond motifs is 3. The molecule has 182 valence electrons. The van der Waals surface area contributed by atoms with Crippen LogP contribution >= 0.6 is 0 Å². The maximum absolute atomic E-state index is 13.0. The summed E-state index contributed by atoms with van der Waals surface area (Å²) < 4.78 is 18.4. The molecular weight excluding hydrogens is 428 g/mol. The summed E-state index contributed by atoms with van der Waals surface area (Å²) >= 11 is 0. The number of carbonyl (C=O) groups is 2. The third-order valence-electron chi connectivity index (χ3n) is 9.65. The normalized spacial score (nSPS) is 41.7. The standard InChI is InChI=1S/C29H36O5/c1-20-9-8-12-22-26(2)15-16-29(18-25(31)32-19-29)34-27(26,3)17-23(28(20,22)4)33-24(30)14-13-21-10-6-5-7-11-21/h5-7,10-11,13-14,22-23H,1,8-9,12,15-19H2,2-4H3/b14-13+/t22-,23+,26-,27+,28+,29-/m1/s1. The molecule has 1 aromatic carbocycles. The Morgan fingerprint density at radius 3 is 2.65 bits per heavy atom. The number of rotatable bonds is 3. The molecule has 0 unspecified atom stereocenters. The van der Waals surface area contributed by atoms with Crippen molar-refractivity contribution >= 4 is 18.0 Å². The second-order valence-electron chi connectivity index (χ2n) is 11.5. The highest BCUT2D eigenvalue weighted by Crippen LogP contribution is 2.68. The van der Waals surface area contributed by atoms with Crippen LogP contribution in [0.25, 0.3) is 6.08 Å². The fourth-order valence-electron chi connectivity index (χ4n) is 7.42. The van der Waals surface area contributed by atoms with Crippen LogP contribution in [0.2, 0.25) is 0 Å². The Bertz CT molecular complexity index is 1030. The van der Waals surface area contributed by atoms with Crippen LogP contribution in [0.3, 0.4) is 0 Å². The maximum Gasteiger partial charge on any atom is 0.331 e. The summed E-state index contributed by atoms with van der Waals surface area (Å²) in [6.07, 6.45) is 8.73. The number of cyclic esters (lactones) is 1. The Hall–Kier alpha value is -2.40. The van der Waals surface area contributed by atoms with Crippen LogP contribution in [0.5, 0.6) is 0 Å². The van der Waals surface area contributed by atoms with Gasteiger partial charge in [-0.25, -0.2) is 4.79 Å². The van der Waals surface area contributed by atoms with Crippen molar-refractivity contribution in [2.24, 2.45) is 16.7 Å². The van der Waals surface area contributed by atoms with E-state index in [1.165, 1.54) is 11.6 Å². The first-order valence-electron chi connectivity index (χ1n) is 12.6. The summed E-state index contributed by atoms with van der Waals surface area (Å²) in [6.45, 7) is 11.5. The summed E-state index contributed by atoms with van der Waals surface area (Å²) in [7, 11) is 0. The van der Waals surface area contributed by atoms with Gasteiger partial charge in [0.1, 0.15) is 18.3 Å². The smallest absolute Gasteiger partial charge is 0.331 e. The maximum atomic E-state index is 13.0. The number of hydrogen-bond acceptors (Lipinski definition) is 5. The van der Waals surface area contributed by atoms with Gasteiger partial charge in [0.2, 0.25) is 0 Å². The molecule has 2 saturated heterocycles. The summed E-state index contributed by atoms with van der Waals surface area (Å²) in [5.74, 6) is -0.247. The molecule has 2 aliphatic carbocycles. The molecule has 2 heterocycles. The van der Waals surface area contributed by atoms with E-state index in [4.69, 9.17) is 14.2 Å². The summed E-state index contributed by atoms with van der Waals surface area (Å²) in [5, 5.41) is 0. The van der Waals surface area contributed by atoms with Crippen LogP contribution in [0.15, 0.2) is 48.6 Å². The minimum atomic E-state index is -0.563. The second kappa shape index (κ2) is 8.08. The quantitative estimate of drug-likeness (QED) is 0.329. The molecule has 0 bridgehead atoms. The molecule has 1 aromatic rings. The van der Waals surface area contributed by atoms with Gasteiger partial charge in [-0.2, -0.15) is 0 Å². The fraction of sp³-hybridized carbons (Fsp3) is 0.586. The molecule has 1 spiro atoms. The summed E-state index contributed by atoms with van der Waals surface area (Å²) in [5.41, 5.74) is 0.624. The van der Waals surface area contributed by atoms with Crippen LogP contribution in [-0.4, -0.2) is 35.9 Å². The molecule has 5 rings (SSSR count). The first kappa shape index (κ1) is 23.3. The molecule has 0 radical (unpaired) electrons. The van der Waals surface area contributed by atoms with E-state index in [-0.39, 0.29) is 34.8 Å². The van der Waals surface area contributed by atoms with Crippen LogP contribution in [-0.2, 0) is 23.8 Å². The van der Waals surface area contributed by atoms with Gasteiger partial charge < -0.3 is 14.2 Å². The first-order chi connectivity index (χ1) is 16.1. The lowest BCUT2D eigenvalue weighted by Crippen LogP contribution is -2.70. The van der Waals surface area contributed by atoms with E-state index in [9.17, 15) is 9.59 Å². The topological polar surface area (TPSA) is 61.8 Å². The van der Waals surface area contributed by atoms with Gasteiger partial charge in [-0.15, -0.1) is 0 Å². The van der Waals surface area contributed by atoms with Crippen LogP contribution in [0.4, 0.5) is 0 Å². The van der Waals surface area contributed by atoms with E-state index < -0.39 is 11.2 Å². The molecule has 4 fully saturated rings. The number of esters is 2. The van der Waals surface area contributed by atoms with Gasteiger partial charge in [-0.05, 0) is 56.6 Å². The van der Waals surface area contributed by atoms with Crippen molar-refractivity contribution in [1.82, 2.24) is 0 Å². The van der Waals surface area contributed by atoms with Crippen molar-refractivity contribution in [3.63, 3.8) is 0 Å². The number of carbonyl (C=O) groups excluding carboxylic acids is 2. The van der Waals surface area contributed by atoms with Gasteiger partial charge in [0.25, 0.3) is 0 Å². The zero-order chi connectivity index (χ0) is 24.2. The van der Waals surface area contributed by atoms with E-state index in [1.54, 1.807) is 6.08 Å². The number of hydrogen-bond donors (Lipinski definition) is 0. The molecule has 5 heteroatoms.